The number of rotatable bonds is 1. The fourth-order valence-electron chi connectivity index (χ4n) is 1.71. The minimum atomic E-state index is -0.594. The molecule has 90 valence electrons. The molecule has 0 aromatic carbocycles. The second-order valence-electron chi connectivity index (χ2n) is 3.83. The molecule has 3 N–H and O–H groups in total. The molecule has 0 unspecified atom stereocenters. The van der Waals surface area contributed by atoms with Gasteiger partial charge in [-0.05, 0) is 6.07 Å². The smallest absolute Gasteiger partial charge is 0.328 e. The molecular formula is C10H12N4O3. The molecule has 3 amide bonds. The van der Waals surface area contributed by atoms with E-state index in [-0.39, 0.29) is 30.1 Å². The summed E-state index contributed by atoms with van der Waals surface area (Å²) in [7, 11) is 1.55. The van der Waals surface area contributed by atoms with Crippen molar-refractivity contribution in [2.24, 2.45) is 7.05 Å². The number of carbonyl (C=O) groups excluding carboxylic acids is 2. The number of nitrogens with one attached hydrogen (secondary N) is 1. The zero-order valence-electron chi connectivity index (χ0n) is 9.27. The number of urea groups is 1. The van der Waals surface area contributed by atoms with Gasteiger partial charge >= 0.3 is 6.03 Å². The summed E-state index contributed by atoms with van der Waals surface area (Å²) in [4.78, 5) is 35.7. The summed E-state index contributed by atoms with van der Waals surface area (Å²) in [6.07, 6.45) is 1.64. The first-order chi connectivity index (χ1) is 7.99. The van der Waals surface area contributed by atoms with Crippen molar-refractivity contribution in [3.63, 3.8) is 0 Å². The van der Waals surface area contributed by atoms with Crippen molar-refractivity contribution in [1.29, 1.82) is 0 Å². The van der Waals surface area contributed by atoms with Crippen LogP contribution in [0, 0.1) is 0 Å². The van der Waals surface area contributed by atoms with E-state index in [4.69, 9.17) is 5.73 Å². The molecule has 1 saturated heterocycles. The average molecular weight is 236 g/mol. The molecule has 2 rings (SSSR count). The summed E-state index contributed by atoms with van der Waals surface area (Å²) < 4.78 is 1.30. The number of amides is 3. The van der Waals surface area contributed by atoms with E-state index in [0.29, 0.717) is 5.69 Å². The first kappa shape index (κ1) is 11.2. The van der Waals surface area contributed by atoms with Gasteiger partial charge in [0.25, 0.3) is 5.56 Å². The monoisotopic (exact) mass is 236 g/mol. The van der Waals surface area contributed by atoms with Crippen molar-refractivity contribution in [3.8, 4) is 0 Å². The average Bonchev–Trinajstić information content (AvgIpc) is 2.24. The molecule has 0 atom stereocenters. The molecule has 0 saturated carbocycles. The summed E-state index contributed by atoms with van der Waals surface area (Å²) in [5, 5.41) is 2.15. The van der Waals surface area contributed by atoms with Crippen LogP contribution < -0.4 is 21.5 Å². The normalized spacial score (nSPS) is 15.9. The highest BCUT2D eigenvalue weighted by Gasteiger charge is 2.26. The molecule has 0 spiro atoms. The predicted molar refractivity (Wildman–Crippen MR) is 61.6 cm³/mol. The Morgan fingerprint density at radius 1 is 1.35 bits per heavy atom. The number of aromatic nitrogens is 1. The van der Waals surface area contributed by atoms with Crippen LogP contribution >= 0.6 is 0 Å². The van der Waals surface area contributed by atoms with Crippen LogP contribution in [-0.4, -0.2) is 23.1 Å². The van der Waals surface area contributed by atoms with E-state index >= 15 is 0 Å². The van der Waals surface area contributed by atoms with Crippen LogP contribution in [-0.2, 0) is 11.8 Å². The van der Waals surface area contributed by atoms with E-state index < -0.39 is 6.03 Å². The number of nitrogens with two attached hydrogens (primary N) is 1. The number of nitrogens with zero attached hydrogens (tertiary/aromatic N) is 2. The lowest BCUT2D eigenvalue weighted by atomic mass is 10.2. The highest BCUT2D eigenvalue weighted by molar-refractivity contribution is 6.05. The van der Waals surface area contributed by atoms with Crippen LogP contribution in [0.25, 0.3) is 0 Å². The molecule has 7 nitrogen and oxygen atoms in total. The Morgan fingerprint density at radius 2 is 2.06 bits per heavy atom. The van der Waals surface area contributed by atoms with Crippen molar-refractivity contribution < 1.29 is 9.59 Å². The molecule has 7 heteroatoms. The molecule has 0 radical (unpaired) electrons. The predicted octanol–water partition coefficient (Wildman–Crippen LogP) is -0.586. The Kier molecular flexibility index (Phi) is 2.58. The minimum Gasteiger partial charge on any atom is -0.397 e. The van der Waals surface area contributed by atoms with Crippen molar-refractivity contribution in [1.82, 2.24) is 9.88 Å². The van der Waals surface area contributed by atoms with Crippen LogP contribution in [0.4, 0.5) is 16.2 Å². The number of anilines is 2. The second kappa shape index (κ2) is 3.93. The third kappa shape index (κ3) is 1.99. The standard InChI is InChI=1S/C10H12N4O3/c1-13-5-6(11)4-7(9(13)16)14-3-2-8(15)12-10(14)17/h4-5H,2-3,11H2,1H3,(H,12,15,17). The van der Waals surface area contributed by atoms with E-state index in [1.807, 2.05) is 0 Å². The molecule has 1 aliphatic heterocycles. The fourth-order valence-corrected chi connectivity index (χ4v) is 1.71. The summed E-state index contributed by atoms with van der Waals surface area (Å²) >= 11 is 0. The molecule has 17 heavy (non-hydrogen) atoms. The molecule has 1 aromatic heterocycles. The van der Waals surface area contributed by atoms with Gasteiger partial charge in [0.1, 0.15) is 5.69 Å². The Balaban J connectivity index is 2.44. The third-order valence-electron chi connectivity index (χ3n) is 2.53. The van der Waals surface area contributed by atoms with Crippen LogP contribution in [0.3, 0.4) is 0 Å². The Morgan fingerprint density at radius 3 is 2.71 bits per heavy atom. The minimum absolute atomic E-state index is 0.170. The Labute approximate surface area is 96.8 Å². The second-order valence-corrected chi connectivity index (χ2v) is 3.83. The summed E-state index contributed by atoms with van der Waals surface area (Å²) in [5.41, 5.74) is 5.85. The molecule has 2 heterocycles. The van der Waals surface area contributed by atoms with Gasteiger partial charge < -0.3 is 10.3 Å². The lowest BCUT2D eigenvalue weighted by Gasteiger charge is -2.26. The molecule has 1 fully saturated rings. The first-order valence-corrected chi connectivity index (χ1v) is 5.06. The molecule has 0 aliphatic carbocycles. The highest BCUT2D eigenvalue weighted by Crippen LogP contribution is 2.14. The quantitative estimate of drug-likeness (QED) is 0.681. The maximum absolute atomic E-state index is 11.8. The number of hydrogen-bond donors (Lipinski definition) is 2. The maximum atomic E-state index is 11.8. The molecule has 0 bridgehead atoms. The van der Waals surface area contributed by atoms with Gasteiger partial charge in [-0.2, -0.15) is 0 Å². The number of imide groups is 1. The number of carbonyl (C=O) groups is 2. The molecular weight excluding hydrogens is 224 g/mol. The molecule has 1 aliphatic rings. The van der Waals surface area contributed by atoms with Gasteiger partial charge in [-0.15, -0.1) is 0 Å². The Bertz CT molecular complexity index is 549. The van der Waals surface area contributed by atoms with Gasteiger partial charge in [-0.25, -0.2) is 4.79 Å². The SMILES string of the molecule is Cn1cc(N)cc(N2CCC(=O)NC2=O)c1=O. The topological polar surface area (TPSA) is 97.4 Å². The zero-order valence-corrected chi connectivity index (χ0v) is 9.27. The summed E-state index contributed by atoms with van der Waals surface area (Å²) in [6, 6.07) is 0.835. The first-order valence-electron chi connectivity index (χ1n) is 5.06. The van der Waals surface area contributed by atoms with E-state index in [1.165, 1.54) is 21.7 Å². The van der Waals surface area contributed by atoms with E-state index in [9.17, 15) is 14.4 Å². The van der Waals surface area contributed by atoms with Gasteiger partial charge in [-0.1, -0.05) is 0 Å². The number of pyridine rings is 1. The summed E-state index contributed by atoms with van der Waals surface area (Å²) in [6.45, 7) is 0.184. The van der Waals surface area contributed by atoms with Crippen molar-refractivity contribution >= 4 is 23.3 Å². The van der Waals surface area contributed by atoms with Crippen LogP contribution in [0.5, 0.6) is 0 Å². The fraction of sp³-hybridized carbons (Fsp3) is 0.300. The number of hydrogen-bond acceptors (Lipinski definition) is 4. The lowest BCUT2D eigenvalue weighted by molar-refractivity contribution is -0.120. The van der Waals surface area contributed by atoms with Gasteiger partial charge in [0.05, 0.1) is 5.69 Å². The van der Waals surface area contributed by atoms with Gasteiger partial charge in [0.15, 0.2) is 0 Å². The largest absolute Gasteiger partial charge is 0.397 e. The van der Waals surface area contributed by atoms with E-state index in [0.717, 1.165) is 0 Å². The Hall–Kier alpha value is -2.31. The van der Waals surface area contributed by atoms with Gasteiger partial charge in [0, 0.05) is 26.2 Å². The van der Waals surface area contributed by atoms with Crippen LogP contribution in [0.1, 0.15) is 6.42 Å². The lowest BCUT2D eigenvalue weighted by Crippen LogP contribution is -2.51. The third-order valence-corrected chi connectivity index (χ3v) is 2.53. The number of nitrogen functional groups attached to an aromatic ring is 1. The van der Waals surface area contributed by atoms with Gasteiger partial charge in [-0.3, -0.25) is 19.8 Å². The highest BCUT2D eigenvalue weighted by atomic mass is 16.2. The summed E-state index contributed by atoms with van der Waals surface area (Å²) in [5.74, 6) is -0.341. The van der Waals surface area contributed by atoms with Crippen molar-refractivity contribution in [2.45, 2.75) is 6.42 Å². The maximum Gasteiger partial charge on any atom is 0.328 e. The number of aryl methyl sites for hydroxylation is 1. The van der Waals surface area contributed by atoms with Crippen molar-refractivity contribution in [2.75, 3.05) is 17.2 Å². The molecule has 1 aromatic rings. The van der Waals surface area contributed by atoms with E-state index in [2.05, 4.69) is 5.32 Å². The van der Waals surface area contributed by atoms with Gasteiger partial charge in [0.2, 0.25) is 5.91 Å². The van der Waals surface area contributed by atoms with E-state index in [1.54, 1.807) is 7.05 Å². The van der Waals surface area contributed by atoms with Crippen LogP contribution in [0.2, 0.25) is 0 Å². The van der Waals surface area contributed by atoms with Crippen molar-refractivity contribution in [3.05, 3.63) is 22.6 Å². The van der Waals surface area contributed by atoms with Crippen LogP contribution in [0.15, 0.2) is 17.1 Å². The zero-order chi connectivity index (χ0) is 12.6.